The second-order valence-electron chi connectivity index (χ2n) is 4.82. The topological polar surface area (TPSA) is 30.7 Å². The lowest BCUT2D eigenvalue weighted by molar-refractivity contribution is 0.417. The molecule has 0 saturated heterocycles. The number of rotatable bonds is 1. The Morgan fingerprint density at radius 3 is 2.39 bits per heavy atom. The van der Waals surface area contributed by atoms with Crippen LogP contribution in [0.3, 0.4) is 0 Å². The van der Waals surface area contributed by atoms with Crippen molar-refractivity contribution in [3.63, 3.8) is 0 Å². The number of pyridine rings is 1. The van der Waals surface area contributed by atoms with Gasteiger partial charge in [0, 0.05) is 22.5 Å². The van der Waals surface area contributed by atoms with E-state index in [2.05, 4.69) is 6.07 Å². The molecule has 3 heteroatoms. The summed E-state index contributed by atoms with van der Waals surface area (Å²) < 4.78 is 7.24. The Kier molecular flexibility index (Phi) is 2.14. The van der Waals surface area contributed by atoms with Gasteiger partial charge in [-0.15, -0.1) is 0 Å². The van der Waals surface area contributed by atoms with E-state index in [-0.39, 0.29) is 5.56 Å². The second-order valence-corrected chi connectivity index (χ2v) is 4.82. The van der Waals surface area contributed by atoms with E-state index in [1.807, 2.05) is 26.8 Å². The lowest BCUT2D eigenvalue weighted by Gasteiger charge is -2.10. The average Bonchev–Trinajstić information content (AvgIpc) is 2.64. The number of hydrogen-bond donors (Lipinski definition) is 0. The van der Waals surface area contributed by atoms with E-state index < -0.39 is 0 Å². The molecule has 0 aliphatic heterocycles. The zero-order valence-electron chi connectivity index (χ0n) is 11.0. The number of ether oxygens (including phenoxy) is 1. The van der Waals surface area contributed by atoms with E-state index in [0.29, 0.717) is 0 Å². The summed E-state index contributed by atoms with van der Waals surface area (Å²) in [6.07, 6.45) is 0. The van der Waals surface area contributed by atoms with Gasteiger partial charge >= 0.3 is 0 Å². The number of aromatic nitrogens is 1. The molecular weight excluding hydrogens is 226 g/mol. The first-order valence-corrected chi connectivity index (χ1v) is 5.97. The molecule has 0 N–H and O–H groups in total. The van der Waals surface area contributed by atoms with Gasteiger partial charge in [0.1, 0.15) is 5.75 Å². The third-order valence-electron chi connectivity index (χ3n) is 3.59. The molecular formula is C15H15NO2. The Morgan fingerprint density at radius 2 is 1.72 bits per heavy atom. The summed E-state index contributed by atoms with van der Waals surface area (Å²) in [7, 11) is 1.67. The van der Waals surface area contributed by atoms with Crippen LogP contribution in [-0.2, 0) is 0 Å². The maximum atomic E-state index is 12.1. The molecule has 18 heavy (non-hydrogen) atoms. The zero-order valence-corrected chi connectivity index (χ0v) is 11.0. The van der Waals surface area contributed by atoms with E-state index in [1.165, 1.54) is 0 Å². The molecule has 0 unspecified atom stereocenters. The van der Waals surface area contributed by atoms with Crippen LogP contribution in [-0.4, -0.2) is 11.5 Å². The molecule has 0 amide bonds. The molecule has 0 aliphatic rings. The summed E-state index contributed by atoms with van der Waals surface area (Å²) >= 11 is 0. The first kappa shape index (κ1) is 11.1. The lowest BCUT2D eigenvalue weighted by Crippen LogP contribution is -2.13. The van der Waals surface area contributed by atoms with Crippen molar-refractivity contribution in [1.82, 2.24) is 4.40 Å². The number of hydrogen-bond acceptors (Lipinski definition) is 2. The zero-order chi connectivity index (χ0) is 13.0. The van der Waals surface area contributed by atoms with Gasteiger partial charge in [-0.3, -0.25) is 9.20 Å². The molecule has 1 aromatic carbocycles. The molecule has 0 bridgehead atoms. The van der Waals surface area contributed by atoms with Crippen LogP contribution in [0.1, 0.15) is 16.8 Å². The van der Waals surface area contributed by atoms with Crippen molar-refractivity contribution in [3.8, 4) is 5.75 Å². The molecule has 3 aromatic rings. The number of methoxy groups -OCH3 is 1. The van der Waals surface area contributed by atoms with Crippen LogP contribution in [0, 0.1) is 20.8 Å². The summed E-state index contributed by atoms with van der Waals surface area (Å²) in [6.45, 7) is 5.96. The molecule has 0 radical (unpaired) electrons. The smallest absolute Gasteiger partial charge is 0.255 e. The molecule has 2 heterocycles. The van der Waals surface area contributed by atoms with Crippen LogP contribution in [0.25, 0.3) is 16.3 Å². The van der Waals surface area contributed by atoms with Gasteiger partial charge < -0.3 is 4.74 Å². The fraction of sp³-hybridized carbons (Fsp3) is 0.267. The standard InChI is InChI=1S/C15H15NO2/c1-8-6-13(17)16-10(3)7-12-14(16)11(8)5-9(2)15(12)18-4/h5-7H,1-4H3. The van der Waals surface area contributed by atoms with Crippen LogP contribution in [0.4, 0.5) is 0 Å². The van der Waals surface area contributed by atoms with Crippen LogP contribution in [0.15, 0.2) is 23.0 Å². The van der Waals surface area contributed by atoms with Gasteiger partial charge in [0.15, 0.2) is 0 Å². The van der Waals surface area contributed by atoms with Gasteiger partial charge in [-0.2, -0.15) is 0 Å². The van der Waals surface area contributed by atoms with Gasteiger partial charge in [0.05, 0.1) is 12.6 Å². The van der Waals surface area contributed by atoms with Crippen LogP contribution >= 0.6 is 0 Å². The molecule has 0 aliphatic carbocycles. The lowest BCUT2D eigenvalue weighted by atomic mass is 10.0. The van der Waals surface area contributed by atoms with E-state index in [4.69, 9.17) is 4.74 Å². The minimum atomic E-state index is 0.0263. The highest BCUT2D eigenvalue weighted by Crippen LogP contribution is 2.35. The SMILES string of the molecule is COc1c(C)cc2c(C)cc(=O)n3c(C)cc1c23. The quantitative estimate of drug-likeness (QED) is 0.656. The van der Waals surface area contributed by atoms with Crippen molar-refractivity contribution in [1.29, 1.82) is 0 Å². The predicted octanol–water partition coefficient (Wildman–Crippen LogP) is 2.82. The Morgan fingerprint density at radius 1 is 1.00 bits per heavy atom. The van der Waals surface area contributed by atoms with Crippen LogP contribution < -0.4 is 10.3 Å². The van der Waals surface area contributed by atoms with Crippen molar-refractivity contribution < 1.29 is 4.74 Å². The highest BCUT2D eigenvalue weighted by Gasteiger charge is 2.16. The molecule has 92 valence electrons. The largest absolute Gasteiger partial charge is 0.496 e. The van der Waals surface area contributed by atoms with E-state index in [1.54, 1.807) is 17.6 Å². The number of nitrogens with zero attached hydrogens (tertiary/aromatic N) is 1. The minimum absolute atomic E-state index is 0.0263. The first-order chi connectivity index (χ1) is 8.54. The fourth-order valence-corrected chi connectivity index (χ4v) is 2.82. The number of benzene rings is 1. The normalized spacial score (nSPS) is 11.6. The van der Waals surface area contributed by atoms with Gasteiger partial charge in [0.2, 0.25) is 0 Å². The Hall–Kier alpha value is -2.03. The van der Waals surface area contributed by atoms with Crippen molar-refractivity contribution in [2.75, 3.05) is 7.11 Å². The van der Waals surface area contributed by atoms with Crippen LogP contribution in [0.2, 0.25) is 0 Å². The molecule has 0 fully saturated rings. The fourth-order valence-electron chi connectivity index (χ4n) is 2.82. The van der Waals surface area contributed by atoms with E-state index in [0.717, 1.165) is 38.9 Å². The average molecular weight is 241 g/mol. The van der Waals surface area contributed by atoms with Gasteiger partial charge in [-0.25, -0.2) is 0 Å². The second kappa shape index (κ2) is 3.48. The third-order valence-corrected chi connectivity index (χ3v) is 3.59. The maximum Gasteiger partial charge on any atom is 0.255 e. The Labute approximate surface area is 105 Å². The summed E-state index contributed by atoms with van der Waals surface area (Å²) in [5.74, 6) is 0.859. The summed E-state index contributed by atoms with van der Waals surface area (Å²) in [5.41, 5.74) is 4.06. The summed E-state index contributed by atoms with van der Waals surface area (Å²) in [5, 5.41) is 2.14. The van der Waals surface area contributed by atoms with Crippen molar-refractivity contribution in [2.45, 2.75) is 20.8 Å². The third kappa shape index (κ3) is 1.22. The Bertz CT molecular complexity index is 815. The van der Waals surface area contributed by atoms with Gasteiger partial charge in [0.25, 0.3) is 5.56 Å². The van der Waals surface area contributed by atoms with E-state index in [9.17, 15) is 4.79 Å². The van der Waals surface area contributed by atoms with E-state index >= 15 is 0 Å². The van der Waals surface area contributed by atoms with Crippen molar-refractivity contribution in [2.24, 2.45) is 0 Å². The highest BCUT2D eigenvalue weighted by molar-refractivity contribution is 6.02. The van der Waals surface area contributed by atoms with Crippen LogP contribution in [0.5, 0.6) is 5.75 Å². The summed E-state index contributed by atoms with van der Waals surface area (Å²) in [4.78, 5) is 12.1. The molecule has 0 saturated carbocycles. The van der Waals surface area contributed by atoms with Gasteiger partial charge in [-0.05, 0) is 44.0 Å². The molecule has 2 aromatic heterocycles. The summed E-state index contributed by atoms with van der Waals surface area (Å²) in [6, 6.07) is 5.81. The predicted molar refractivity (Wildman–Crippen MR) is 73.1 cm³/mol. The molecule has 0 spiro atoms. The molecule has 3 nitrogen and oxygen atoms in total. The van der Waals surface area contributed by atoms with Crippen molar-refractivity contribution >= 4 is 16.3 Å². The van der Waals surface area contributed by atoms with Crippen molar-refractivity contribution in [3.05, 3.63) is 45.4 Å². The van der Waals surface area contributed by atoms with Gasteiger partial charge in [-0.1, -0.05) is 0 Å². The molecule has 0 atom stereocenters. The first-order valence-electron chi connectivity index (χ1n) is 5.97. The minimum Gasteiger partial charge on any atom is -0.496 e. The maximum absolute atomic E-state index is 12.1. The highest BCUT2D eigenvalue weighted by atomic mass is 16.5. The monoisotopic (exact) mass is 241 g/mol. The Balaban J connectivity index is 2.72. The molecule has 3 rings (SSSR count). The number of aryl methyl sites for hydroxylation is 3.